The molecule has 150 valence electrons. The predicted molar refractivity (Wildman–Crippen MR) is 112 cm³/mol. The lowest BCUT2D eigenvalue weighted by molar-refractivity contribution is -0.123. The van der Waals surface area contributed by atoms with Gasteiger partial charge in [-0.05, 0) is 43.4 Å². The van der Waals surface area contributed by atoms with E-state index < -0.39 is 5.41 Å². The van der Waals surface area contributed by atoms with Gasteiger partial charge in [0.05, 0.1) is 24.6 Å². The molecule has 2 heterocycles. The average molecular weight is 374 g/mol. The second-order valence-corrected chi connectivity index (χ2v) is 8.96. The maximum Gasteiger partial charge on any atom is 0.229 e. The fourth-order valence-corrected chi connectivity index (χ4v) is 4.02. The van der Waals surface area contributed by atoms with E-state index in [-0.39, 0.29) is 5.91 Å². The Hall–Kier alpha value is -1.59. The quantitative estimate of drug-likeness (QED) is 0.859. The SMILES string of the molecule is Cc1cc(C)c(NC(=O)C(C)(C)C)c2c1CCN2CCCN1CCOCC1. The summed E-state index contributed by atoms with van der Waals surface area (Å²) in [6.45, 7) is 17.2. The number of benzene rings is 1. The standard InChI is InChI=1S/C22H35N3O2/c1-16-15-17(2)19(23-21(26)22(3,4)5)20-18(16)7-10-25(20)9-6-8-24-11-13-27-14-12-24/h15H,6-14H2,1-5H3,(H,23,26). The van der Waals surface area contributed by atoms with Crippen molar-refractivity contribution in [2.45, 2.75) is 47.5 Å². The number of anilines is 2. The van der Waals surface area contributed by atoms with Crippen molar-refractivity contribution in [1.82, 2.24) is 4.90 Å². The first-order valence-electron chi connectivity index (χ1n) is 10.3. The maximum atomic E-state index is 12.7. The van der Waals surface area contributed by atoms with Gasteiger partial charge in [-0.1, -0.05) is 26.8 Å². The molecular weight excluding hydrogens is 338 g/mol. The first-order chi connectivity index (χ1) is 12.8. The molecule has 0 saturated carbocycles. The molecule has 0 unspecified atom stereocenters. The van der Waals surface area contributed by atoms with Crippen molar-refractivity contribution in [2.24, 2.45) is 5.41 Å². The van der Waals surface area contributed by atoms with E-state index in [1.807, 2.05) is 20.8 Å². The van der Waals surface area contributed by atoms with E-state index in [2.05, 4.69) is 35.0 Å². The average Bonchev–Trinajstić information content (AvgIpc) is 3.03. The van der Waals surface area contributed by atoms with Crippen molar-refractivity contribution in [2.75, 3.05) is 56.2 Å². The number of carbonyl (C=O) groups excluding carboxylic acids is 1. The number of ether oxygens (including phenoxy) is 1. The van der Waals surface area contributed by atoms with Gasteiger partial charge in [-0.3, -0.25) is 9.69 Å². The molecule has 1 aromatic carbocycles. The van der Waals surface area contributed by atoms with Crippen molar-refractivity contribution in [3.8, 4) is 0 Å². The first-order valence-corrected chi connectivity index (χ1v) is 10.3. The van der Waals surface area contributed by atoms with Gasteiger partial charge < -0.3 is 15.0 Å². The highest BCUT2D eigenvalue weighted by molar-refractivity contribution is 5.99. The van der Waals surface area contributed by atoms with Crippen LogP contribution in [0.3, 0.4) is 0 Å². The Morgan fingerprint density at radius 2 is 1.81 bits per heavy atom. The van der Waals surface area contributed by atoms with Crippen molar-refractivity contribution in [3.05, 3.63) is 22.8 Å². The van der Waals surface area contributed by atoms with Gasteiger partial charge in [0.15, 0.2) is 0 Å². The Balaban J connectivity index is 1.75. The van der Waals surface area contributed by atoms with E-state index in [0.29, 0.717) is 0 Å². The summed E-state index contributed by atoms with van der Waals surface area (Å²) in [6.07, 6.45) is 2.20. The van der Waals surface area contributed by atoms with E-state index in [4.69, 9.17) is 4.74 Å². The number of carbonyl (C=O) groups is 1. The van der Waals surface area contributed by atoms with Gasteiger partial charge in [-0.2, -0.15) is 0 Å². The summed E-state index contributed by atoms with van der Waals surface area (Å²) >= 11 is 0. The number of nitrogens with one attached hydrogen (secondary N) is 1. The fourth-order valence-electron chi connectivity index (χ4n) is 4.02. The van der Waals surface area contributed by atoms with Gasteiger partial charge in [0.1, 0.15) is 0 Å². The molecule has 1 amide bonds. The van der Waals surface area contributed by atoms with Gasteiger partial charge in [0.25, 0.3) is 0 Å². The molecule has 0 radical (unpaired) electrons. The molecule has 5 nitrogen and oxygen atoms in total. The first kappa shape index (κ1) is 20.2. The Morgan fingerprint density at radius 1 is 1.11 bits per heavy atom. The molecule has 27 heavy (non-hydrogen) atoms. The molecule has 1 aromatic rings. The smallest absolute Gasteiger partial charge is 0.229 e. The molecule has 1 fully saturated rings. The minimum absolute atomic E-state index is 0.0804. The number of rotatable bonds is 5. The van der Waals surface area contributed by atoms with E-state index in [1.165, 1.54) is 16.8 Å². The molecule has 1 saturated heterocycles. The number of fused-ring (bicyclic) bond motifs is 1. The Labute approximate surface area is 164 Å². The van der Waals surface area contributed by atoms with Crippen LogP contribution in [0.2, 0.25) is 0 Å². The number of nitrogens with zero attached hydrogens (tertiary/aromatic N) is 2. The van der Waals surface area contributed by atoms with Crippen LogP contribution in [0.25, 0.3) is 0 Å². The van der Waals surface area contributed by atoms with Crippen LogP contribution in [0, 0.1) is 19.3 Å². The summed E-state index contributed by atoms with van der Waals surface area (Å²) in [6, 6.07) is 2.22. The zero-order valence-electron chi connectivity index (χ0n) is 17.7. The van der Waals surface area contributed by atoms with Crippen molar-refractivity contribution >= 4 is 17.3 Å². The highest BCUT2D eigenvalue weighted by Crippen LogP contribution is 2.40. The van der Waals surface area contributed by atoms with Crippen molar-refractivity contribution < 1.29 is 9.53 Å². The number of hydrogen-bond acceptors (Lipinski definition) is 4. The number of amides is 1. The minimum Gasteiger partial charge on any atom is -0.379 e. The van der Waals surface area contributed by atoms with Crippen LogP contribution in [0.15, 0.2) is 6.07 Å². The lowest BCUT2D eigenvalue weighted by Crippen LogP contribution is -2.38. The molecule has 0 spiro atoms. The molecule has 0 aromatic heterocycles. The molecule has 0 bridgehead atoms. The van der Waals surface area contributed by atoms with Crippen molar-refractivity contribution in [3.63, 3.8) is 0 Å². The minimum atomic E-state index is -0.399. The highest BCUT2D eigenvalue weighted by atomic mass is 16.5. The predicted octanol–water partition coefficient (Wildman–Crippen LogP) is 3.37. The largest absolute Gasteiger partial charge is 0.379 e. The second-order valence-electron chi connectivity index (χ2n) is 8.96. The third kappa shape index (κ3) is 4.64. The van der Waals surface area contributed by atoms with Crippen LogP contribution in [0.5, 0.6) is 0 Å². The van der Waals surface area contributed by atoms with Gasteiger partial charge in [-0.15, -0.1) is 0 Å². The lowest BCUT2D eigenvalue weighted by atomic mass is 9.94. The molecule has 0 atom stereocenters. The summed E-state index contributed by atoms with van der Waals surface area (Å²) in [5.41, 5.74) is 5.77. The lowest BCUT2D eigenvalue weighted by Gasteiger charge is -2.29. The van der Waals surface area contributed by atoms with Crippen LogP contribution in [-0.4, -0.2) is 56.7 Å². The molecular formula is C22H35N3O2. The van der Waals surface area contributed by atoms with Crippen LogP contribution in [-0.2, 0) is 16.0 Å². The second kappa shape index (κ2) is 8.19. The van der Waals surface area contributed by atoms with E-state index >= 15 is 0 Å². The van der Waals surface area contributed by atoms with Crippen LogP contribution < -0.4 is 10.2 Å². The topological polar surface area (TPSA) is 44.8 Å². The van der Waals surface area contributed by atoms with Crippen molar-refractivity contribution in [1.29, 1.82) is 0 Å². The summed E-state index contributed by atoms with van der Waals surface area (Å²) < 4.78 is 5.44. The normalized spacial score (nSPS) is 17.9. The van der Waals surface area contributed by atoms with E-state index in [9.17, 15) is 4.79 Å². The Bertz CT molecular complexity index is 688. The summed E-state index contributed by atoms with van der Waals surface area (Å²) in [7, 11) is 0. The third-order valence-corrected chi connectivity index (χ3v) is 5.70. The molecule has 2 aliphatic rings. The Morgan fingerprint density at radius 3 is 2.48 bits per heavy atom. The summed E-state index contributed by atoms with van der Waals surface area (Å²) in [4.78, 5) is 17.6. The van der Waals surface area contributed by atoms with E-state index in [1.54, 1.807) is 0 Å². The van der Waals surface area contributed by atoms with Crippen LogP contribution in [0.1, 0.15) is 43.9 Å². The molecule has 1 N–H and O–H groups in total. The summed E-state index contributed by atoms with van der Waals surface area (Å²) in [5, 5.41) is 3.24. The highest BCUT2D eigenvalue weighted by Gasteiger charge is 2.29. The third-order valence-electron chi connectivity index (χ3n) is 5.70. The van der Waals surface area contributed by atoms with Gasteiger partial charge >= 0.3 is 0 Å². The molecule has 2 aliphatic heterocycles. The monoisotopic (exact) mass is 373 g/mol. The van der Waals surface area contributed by atoms with Gasteiger partial charge in [-0.25, -0.2) is 0 Å². The van der Waals surface area contributed by atoms with Crippen LogP contribution >= 0.6 is 0 Å². The number of morpholine rings is 1. The summed E-state index contributed by atoms with van der Waals surface area (Å²) in [5.74, 6) is 0.0804. The van der Waals surface area contributed by atoms with Gasteiger partial charge in [0.2, 0.25) is 5.91 Å². The van der Waals surface area contributed by atoms with Gasteiger partial charge in [0, 0.05) is 38.1 Å². The van der Waals surface area contributed by atoms with Crippen LogP contribution in [0.4, 0.5) is 11.4 Å². The zero-order valence-corrected chi connectivity index (χ0v) is 17.7. The fraction of sp³-hybridized carbons (Fsp3) is 0.682. The Kier molecular flexibility index (Phi) is 6.11. The molecule has 5 heteroatoms. The maximum absolute atomic E-state index is 12.7. The van der Waals surface area contributed by atoms with E-state index in [0.717, 1.165) is 70.0 Å². The number of hydrogen-bond donors (Lipinski definition) is 1. The number of aryl methyl sites for hydroxylation is 2. The zero-order chi connectivity index (χ0) is 19.6. The molecule has 3 rings (SSSR count). The molecule has 0 aliphatic carbocycles.